The molecule has 0 saturated heterocycles. The average Bonchev–Trinajstić information content (AvgIpc) is 1.96. The number of carbonyl (C=O) groups is 1. The van der Waals surface area contributed by atoms with Crippen molar-refractivity contribution in [3.63, 3.8) is 0 Å². The van der Waals surface area contributed by atoms with Gasteiger partial charge >= 0.3 is 0 Å². The smallest absolute Gasteiger partial charge is 0.153 e. The van der Waals surface area contributed by atoms with Gasteiger partial charge in [-0.1, -0.05) is 0 Å². The molecule has 3 nitrogen and oxygen atoms in total. The summed E-state index contributed by atoms with van der Waals surface area (Å²) in [7, 11) is 0. The van der Waals surface area contributed by atoms with Crippen LogP contribution in [0.3, 0.4) is 0 Å². The molecular weight excluding hydrogens is 144 g/mol. The standard InChI is InChI=1S/C8H8O3/c1-5-2-7(10)3-6(4-9)8(5)11/h2-4,10-11H,1H3. The SMILES string of the molecule is Cc1cc(O)cc(C=O)c1O. The van der Waals surface area contributed by atoms with E-state index >= 15 is 0 Å². The summed E-state index contributed by atoms with van der Waals surface area (Å²) >= 11 is 0. The molecule has 0 aliphatic heterocycles. The van der Waals surface area contributed by atoms with Gasteiger partial charge in [0.1, 0.15) is 11.5 Å². The number of phenolic OH excluding ortho intramolecular Hbond substituents is 2. The summed E-state index contributed by atoms with van der Waals surface area (Å²) in [5.74, 6) is -0.0831. The predicted octanol–water partition coefficient (Wildman–Crippen LogP) is 1.22. The van der Waals surface area contributed by atoms with E-state index in [1.807, 2.05) is 0 Å². The van der Waals surface area contributed by atoms with Gasteiger partial charge in [-0.3, -0.25) is 4.79 Å². The molecular formula is C8H8O3. The molecule has 0 radical (unpaired) electrons. The number of hydrogen-bond acceptors (Lipinski definition) is 3. The van der Waals surface area contributed by atoms with Crippen LogP contribution in [0.2, 0.25) is 0 Å². The molecule has 0 unspecified atom stereocenters. The molecule has 1 aromatic carbocycles. The summed E-state index contributed by atoms with van der Waals surface area (Å²) in [6, 6.07) is 2.61. The first-order valence-electron chi connectivity index (χ1n) is 3.13. The highest BCUT2D eigenvalue weighted by Gasteiger charge is 2.04. The third kappa shape index (κ3) is 1.32. The molecule has 0 aliphatic rings. The lowest BCUT2D eigenvalue weighted by molar-refractivity contribution is 0.112. The number of aromatic hydroxyl groups is 2. The van der Waals surface area contributed by atoms with Crippen molar-refractivity contribution in [1.82, 2.24) is 0 Å². The van der Waals surface area contributed by atoms with Gasteiger partial charge in [0, 0.05) is 0 Å². The number of aldehydes is 1. The fraction of sp³-hybridized carbons (Fsp3) is 0.125. The second-order valence-corrected chi connectivity index (χ2v) is 2.32. The number of aryl methyl sites for hydroxylation is 1. The van der Waals surface area contributed by atoms with Crippen molar-refractivity contribution in [2.75, 3.05) is 0 Å². The number of hydrogen-bond donors (Lipinski definition) is 2. The quantitative estimate of drug-likeness (QED) is 0.470. The molecule has 58 valence electrons. The minimum Gasteiger partial charge on any atom is -0.508 e. The Kier molecular flexibility index (Phi) is 1.81. The first-order valence-corrected chi connectivity index (χ1v) is 3.13. The van der Waals surface area contributed by atoms with E-state index in [1.165, 1.54) is 12.1 Å². The summed E-state index contributed by atoms with van der Waals surface area (Å²) in [5.41, 5.74) is 0.606. The Balaban J connectivity index is 3.35. The molecule has 0 amide bonds. The van der Waals surface area contributed by atoms with Crippen LogP contribution < -0.4 is 0 Å². The molecule has 0 heterocycles. The van der Waals surface area contributed by atoms with Gasteiger partial charge < -0.3 is 10.2 Å². The van der Waals surface area contributed by atoms with Crippen LogP contribution in [-0.2, 0) is 0 Å². The molecule has 0 fully saturated rings. The molecule has 0 saturated carbocycles. The molecule has 11 heavy (non-hydrogen) atoms. The molecule has 0 spiro atoms. The number of phenols is 2. The third-order valence-electron chi connectivity index (χ3n) is 1.44. The van der Waals surface area contributed by atoms with Gasteiger partial charge in [0.15, 0.2) is 6.29 Å². The van der Waals surface area contributed by atoms with Gasteiger partial charge in [0.25, 0.3) is 0 Å². The molecule has 0 aliphatic carbocycles. The van der Waals surface area contributed by atoms with Crippen LogP contribution in [0, 0.1) is 6.92 Å². The Bertz CT molecular complexity index is 292. The zero-order chi connectivity index (χ0) is 8.43. The normalized spacial score (nSPS) is 9.55. The minimum atomic E-state index is -0.0715. The maximum atomic E-state index is 10.3. The summed E-state index contributed by atoms with van der Waals surface area (Å²) < 4.78 is 0. The van der Waals surface area contributed by atoms with E-state index < -0.39 is 0 Å². The van der Waals surface area contributed by atoms with Crippen molar-refractivity contribution in [3.8, 4) is 11.5 Å². The molecule has 1 rings (SSSR count). The number of rotatable bonds is 1. The monoisotopic (exact) mass is 152 g/mol. The summed E-state index contributed by atoms with van der Waals surface area (Å²) in [6.45, 7) is 1.61. The Hall–Kier alpha value is -1.51. The summed E-state index contributed by atoms with van der Waals surface area (Å²) in [4.78, 5) is 10.3. The van der Waals surface area contributed by atoms with Crippen molar-refractivity contribution in [2.24, 2.45) is 0 Å². The van der Waals surface area contributed by atoms with Gasteiger partial charge in [0.05, 0.1) is 5.56 Å². The van der Waals surface area contributed by atoms with Crippen LogP contribution in [0.4, 0.5) is 0 Å². The van der Waals surface area contributed by atoms with Crippen molar-refractivity contribution < 1.29 is 15.0 Å². The average molecular weight is 152 g/mol. The third-order valence-corrected chi connectivity index (χ3v) is 1.44. The van der Waals surface area contributed by atoms with Gasteiger partial charge in [0.2, 0.25) is 0 Å². The van der Waals surface area contributed by atoms with Crippen LogP contribution >= 0.6 is 0 Å². The van der Waals surface area contributed by atoms with Gasteiger partial charge in [-0.25, -0.2) is 0 Å². The van der Waals surface area contributed by atoms with Crippen LogP contribution in [0.5, 0.6) is 11.5 Å². The Labute approximate surface area is 63.9 Å². The van der Waals surface area contributed by atoms with Crippen LogP contribution in [0.15, 0.2) is 12.1 Å². The van der Waals surface area contributed by atoms with Crippen molar-refractivity contribution in [1.29, 1.82) is 0 Å². The van der Waals surface area contributed by atoms with Gasteiger partial charge in [-0.2, -0.15) is 0 Å². The largest absolute Gasteiger partial charge is 0.508 e. The van der Waals surface area contributed by atoms with Gasteiger partial charge in [-0.05, 0) is 24.6 Å². The van der Waals surface area contributed by atoms with E-state index in [4.69, 9.17) is 5.11 Å². The highest BCUT2D eigenvalue weighted by Crippen LogP contribution is 2.25. The van der Waals surface area contributed by atoms with Crippen LogP contribution in [0.1, 0.15) is 15.9 Å². The second kappa shape index (κ2) is 2.62. The van der Waals surface area contributed by atoms with Crippen molar-refractivity contribution >= 4 is 6.29 Å². The Morgan fingerprint density at radius 3 is 2.55 bits per heavy atom. The van der Waals surface area contributed by atoms with E-state index in [2.05, 4.69) is 0 Å². The molecule has 0 bridgehead atoms. The molecule has 0 aromatic heterocycles. The van der Waals surface area contributed by atoms with Crippen molar-refractivity contribution in [2.45, 2.75) is 6.92 Å². The number of carbonyl (C=O) groups excluding carboxylic acids is 1. The second-order valence-electron chi connectivity index (χ2n) is 2.32. The van der Waals surface area contributed by atoms with Gasteiger partial charge in [-0.15, -0.1) is 0 Å². The van der Waals surface area contributed by atoms with E-state index in [9.17, 15) is 9.90 Å². The minimum absolute atomic E-state index is 0.0117. The Morgan fingerprint density at radius 2 is 2.00 bits per heavy atom. The molecule has 1 aromatic rings. The van der Waals surface area contributed by atoms with Crippen LogP contribution in [-0.4, -0.2) is 16.5 Å². The lowest BCUT2D eigenvalue weighted by Gasteiger charge is -2.01. The zero-order valence-corrected chi connectivity index (χ0v) is 6.03. The lowest BCUT2D eigenvalue weighted by Crippen LogP contribution is -1.84. The predicted molar refractivity (Wildman–Crippen MR) is 39.9 cm³/mol. The molecule has 2 N–H and O–H groups in total. The maximum Gasteiger partial charge on any atom is 0.153 e. The van der Waals surface area contributed by atoms with E-state index in [1.54, 1.807) is 6.92 Å². The topological polar surface area (TPSA) is 57.5 Å². The number of benzene rings is 1. The zero-order valence-electron chi connectivity index (χ0n) is 6.03. The summed E-state index contributed by atoms with van der Waals surface area (Å²) in [5, 5.41) is 18.2. The summed E-state index contributed by atoms with van der Waals surface area (Å²) in [6.07, 6.45) is 0.502. The fourth-order valence-corrected chi connectivity index (χ4v) is 0.877. The maximum absolute atomic E-state index is 10.3. The van der Waals surface area contributed by atoms with E-state index in [0.717, 1.165) is 0 Å². The van der Waals surface area contributed by atoms with Crippen LogP contribution in [0.25, 0.3) is 0 Å². The first-order chi connectivity index (χ1) is 5.15. The van der Waals surface area contributed by atoms with E-state index in [-0.39, 0.29) is 17.1 Å². The Morgan fingerprint density at radius 1 is 1.36 bits per heavy atom. The highest BCUT2D eigenvalue weighted by atomic mass is 16.3. The lowest BCUT2D eigenvalue weighted by atomic mass is 10.1. The molecule has 0 atom stereocenters. The van der Waals surface area contributed by atoms with E-state index in [0.29, 0.717) is 11.8 Å². The first kappa shape index (κ1) is 7.60. The highest BCUT2D eigenvalue weighted by molar-refractivity contribution is 5.80. The van der Waals surface area contributed by atoms with Crippen molar-refractivity contribution in [3.05, 3.63) is 23.3 Å². The molecule has 3 heteroatoms. The fourth-order valence-electron chi connectivity index (χ4n) is 0.877.